The number of pyridine rings is 1. The molecule has 0 aliphatic heterocycles. The molecule has 4 rings (SSSR count). The number of anilines is 1. The maximum Gasteiger partial charge on any atom is 0.241 e. The van der Waals surface area contributed by atoms with Crippen molar-refractivity contribution in [3.05, 3.63) is 60.2 Å². The standard InChI is InChI=1S/C26H31N7O5S/c1-7-38-24(19-15-27-16(2)14-28-19)17(3)39(34)32-26-31-30-25(18-10-8-13-22(29-18)37-6)33(26)23-20(35-4)11-9-12-21(23)36-5/h8-15,17,24H,7H2,1-6H3,(H,31,32). The fourth-order valence-corrected chi connectivity index (χ4v) is 4.86. The predicted molar refractivity (Wildman–Crippen MR) is 147 cm³/mol. The minimum absolute atomic E-state index is 0.188. The van der Waals surface area contributed by atoms with Gasteiger partial charge in [0.15, 0.2) is 5.82 Å². The number of aromatic nitrogens is 6. The Morgan fingerprint density at radius 3 is 2.31 bits per heavy atom. The van der Waals surface area contributed by atoms with Crippen LogP contribution in [0.5, 0.6) is 17.4 Å². The quantitative estimate of drug-likeness (QED) is 0.277. The summed E-state index contributed by atoms with van der Waals surface area (Å²) >= 11 is 0. The molecule has 0 fully saturated rings. The first-order valence-electron chi connectivity index (χ1n) is 12.2. The summed E-state index contributed by atoms with van der Waals surface area (Å²) < 4.78 is 40.9. The summed E-state index contributed by atoms with van der Waals surface area (Å²) in [7, 11) is 2.94. The highest BCUT2D eigenvalue weighted by Crippen LogP contribution is 2.37. The number of para-hydroxylation sites is 1. The molecule has 0 saturated carbocycles. The number of nitrogens with one attached hydrogen (secondary N) is 1. The van der Waals surface area contributed by atoms with Gasteiger partial charge in [-0.2, -0.15) is 0 Å². The Kier molecular flexibility index (Phi) is 9.04. The molecular formula is C26H31N7O5S. The molecule has 1 aromatic carbocycles. The monoisotopic (exact) mass is 553 g/mol. The molecule has 0 saturated heterocycles. The summed E-state index contributed by atoms with van der Waals surface area (Å²) in [5.41, 5.74) is 2.34. The summed E-state index contributed by atoms with van der Waals surface area (Å²) in [4.78, 5) is 13.3. The molecule has 13 heteroatoms. The van der Waals surface area contributed by atoms with Crippen LogP contribution in [0, 0.1) is 6.92 Å². The zero-order valence-electron chi connectivity index (χ0n) is 22.6. The number of nitrogens with zero attached hydrogens (tertiary/aromatic N) is 6. The van der Waals surface area contributed by atoms with E-state index >= 15 is 0 Å². The molecule has 1 N–H and O–H groups in total. The van der Waals surface area contributed by atoms with Gasteiger partial charge in [-0.15, -0.1) is 10.2 Å². The van der Waals surface area contributed by atoms with Crippen molar-refractivity contribution in [1.82, 2.24) is 29.7 Å². The van der Waals surface area contributed by atoms with Crippen LogP contribution < -0.4 is 18.9 Å². The Labute approximate surface area is 229 Å². The lowest BCUT2D eigenvalue weighted by Crippen LogP contribution is -2.29. The Hall–Kier alpha value is -4.10. The van der Waals surface area contributed by atoms with Crippen LogP contribution >= 0.6 is 0 Å². The van der Waals surface area contributed by atoms with Gasteiger partial charge in [-0.25, -0.2) is 9.19 Å². The van der Waals surface area contributed by atoms with Gasteiger partial charge in [0.2, 0.25) is 11.8 Å². The number of hydrogen-bond donors (Lipinski definition) is 1. The fraction of sp³-hybridized carbons (Fsp3) is 0.346. The van der Waals surface area contributed by atoms with Gasteiger partial charge in [0, 0.05) is 18.9 Å². The van der Waals surface area contributed by atoms with Crippen LogP contribution in [0.25, 0.3) is 17.2 Å². The van der Waals surface area contributed by atoms with Gasteiger partial charge in [0.25, 0.3) is 0 Å². The lowest BCUT2D eigenvalue weighted by atomic mass is 10.2. The average molecular weight is 554 g/mol. The predicted octanol–water partition coefficient (Wildman–Crippen LogP) is 3.70. The van der Waals surface area contributed by atoms with Crippen molar-refractivity contribution < 1.29 is 23.2 Å². The van der Waals surface area contributed by atoms with Crippen LogP contribution in [-0.2, 0) is 15.7 Å². The SMILES string of the molecule is CCOC(c1cnc(C)cn1)C(C)S(=O)Nc1nnc(-c2cccc(OC)n2)n1-c1c(OC)cccc1OC. The van der Waals surface area contributed by atoms with Gasteiger partial charge in [-0.3, -0.25) is 19.3 Å². The normalized spacial score (nSPS) is 13.4. The van der Waals surface area contributed by atoms with Gasteiger partial charge >= 0.3 is 0 Å². The minimum Gasteiger partial charge on any atom is -0.494 e. The highest BCUT2D eigenvalue weighted by molar-refractivity contribution is 7.87. The van der Waals surface area contributed by atoms with Crippen LogP contribution in [0.1, 0.15) is 31.3 Å². The van der Waals surface area contributed by atoms with Crippen LogP contribution in [0.4, 0.5) is 5.95 Å². The zero-order chi connectivity index (χ0) is 27.9. The lowest BCUT2D eigenvalue weighted by molar-refractivity contribution is 0.0597. The number of methoxy groups -OCH3 is 3. The second kappa shape index (κ2) is 12.6. The van der Waals surface area contributed by atoms with Crippen LogP contribution in [0.2, 0.25) is 0 Å². The van der Waals surface area contributed by atoms with Crippen molar-refractivity contribution >= 4 is 16.9 Å². The maximum absolute atomic E-state index is 13.7. The molecule has 0 amide bonds. The average Bonchev–Trinajstić information content (AvgIpc) is 3.38. The topological polar surface area (TPSA) is 135 Å². The summed E-state index contributed by atoms with van der Waals surface area (Å²) in [5.74, 6) is 1.92. The van der Waals surface area contributed by atoms with Crippen molar-refractivity contribution in [2.24, 2.45) is 0 Å². The highest BCUT2D eigenvalue weighted by atomic mass is 32.2. The Bertz CT molecular complexity index is 1410. The molecule has 3 heterocycles. The van der Waals surface area contributed by atoms with E-state index in [0.29, 0.717) is 46.9 Å². The smallest absolute Gasteiger partial charge is 0.241 e. The number of aryl methyl sites for hydroxylation is 1. The maximum atomic E-state index is 13.7. The third kappa shape index (κ3) is 5.99. The van der Waals surface area contributed by atoms with Crippen molar-refractivity contribution in [2.45, 2.75) is 32.1 Å². The van der Waals surface area contributed by atoms with Crippen LogP contribution in [-0.4, -0.2) is 67.1 Å². The van der Waals surface area contributed by atoms with E-state index in [2.05, 4.69) is 29.9 Å². The molecule has 0 aliphatic rings. The fourth-order valence-electron chi connectivity index (χ4n) is 3.92. The second-order valence-electron chi connectivity index (χ2n) is 8.32. The van der Waals surface area contributed by atoms with E-state index in [1.807, 2.05) is 13.8 Å². The first kappa shape index (κ1) is 27.9. The molecule has 3 unspecified atom stereocenters. The van der Waals surface area contributed by atoms with E-state index in [4.69, 9.17) is 18.9 Å². The zero-order valence-corrected chi connectivity index (χ0v) is 23.4. The van der Waals surface area contributed by atoms with Crippen molar-refractivity contribution in [2.75, 3.05) is 32.7 Å². The molecule has 206 valence electrons. The molecule has 0 spiro atoms. The molecule has 4 aromatic rings. The Balaban J connectivity index is 1.80. The Morgan fingerprint density at radius 2 is 1.69 bits per heavy atom. The van der Waals surface area contributed by atoms with E-state index in [-0.39, 0.29) is 5.95 Å². The van der Waals surface area contributed by atoms with Gasteiger partial charge in [-0.05, 0) is 39.0 Å². The molecule has 3 atom stereocenters. The Morgan fingerprint density at radius 1 is 0.974 bits per heavy atom. The molecule has 3 aromatic heterocycles. The third-order valence-corrected chi connectivity index (χ3v) is 7.15. The second-order valence-corrected chi connectivity index (χ2v) is 9.86. The summed E-state index contributed by atoms with van der Waals surface area (Å²) in [6.07, 6.45) is 2.72. The number of rotatable bonds is 12. The van der Waals surface area contributed by atoms with Crippen LogP contribution in [0.3, 0.4) is 0 Å². The highest BCUT2D eigenvalue weighted by Gasteiger charge is 2.30. The van der Waals surface area contributed by atoms with E-state index in [1.54, 1.807) is 74.5 Å². The number of benzene rings is 1. The van der Waals surface area contributed by atoms with Gasteiger partial charge in [-0.1, -0.05) is 12.1 Å². The molecule has 0 aliphatic carbocycles. The summed E-state index contributed by atoms with van der Waals surface area (Å²) in [5, 5.41) is 8.18. The van der Waals surface area contributed by atoms with Crippen molar-refractivity contribution in [3.8, 4) is 34.6 Å². The van der Waals surface area contributed by atoms with Crippen molar-refractivity contribution in [1.29, 1.82) is 0 Å². The molecule has 0 bridgehead atoms. The number of hydrogen-bond acceptors (Lipinski definition) is 10. The van der Waals surface area contributed by atoms with E-state index < -0.39 is 22.3 Å². The van der Waals surface area contributed by atoms with E-state index in [1.165, 1.54) is 7.11 Å². The number of ether oxygens (including phenoxy) is 4. The lowest BCUT2D eigenvalue weighted by Gasteiger charge is -2.23. The summed E-state index contributed by atoms with van der Waals surface area (Å²) in [6, 6.07) is 10.7. The molecular weight excluding hydrogens is 522 g/mol. The first-order chi connectivity index (χ1) is 18.9. The minimum atomic E-state index is -1.70. The largest absolute Gasteiger partial charge is 0.494 e. The summed E-state index contributed by atoms with van der Waals surface area (Å²) in [6.45, 7) is 5.93. The third-order valence-electron chi connectivity index (χ3n) is 5.84. The van der Waals surface area contributed by atoms with Gasteiger partial charge in [0.05, 0.1) is 44.2 Å². The molecule has 0 radical (unpaired) electrons. The van der Waals surface area contributed by atoms with E-state index in [0.717, 1.165) is 5.69 Å². The van der Waals surface area contributed by atoms with Gasteiger partial charge < -0.3 is 18.9 Å². The molecule has 39 heavy (non-hydrogen) atoms. The molecule has 12 nitrogen and oxygen atoms in total. The van der Waals surface area contributed by atoms with Crippen molar-refractivity contribution in [3.63, 3.8) is 0 Å². The van der Waals surface area contributed by atoms with Crippen LogP contribution in [0.15, 0.2) is 48.8 Å². The first-order valence-corrected chi connectivity index (χ1v) is 13.4. The van der Waals surface area contributed by atoms with E-state index in [9.17, 15) is 4.21 Å². The van der Waals surface area contributed by atoms with Gasteiger partial charge in [0.1, 0.15) is 40.0 Å².